The Bertz CT molecular complexity index is 150. The van der Waals surface area contributed by atoms with Gasteiger partial charge in [0.25, 0.3) is 0 Å². The van der Waals surface area contributed by atoms with E-state index in [-0.39, 0.29) is 6.04 Å². The summed E-state index contributed by atoms with van der Waals surface area (Å²) >= 11 is 0. The molecule has 1 N–H and O–H groups in total. The Morgan fingerprint density at radius 1 is 1.29 bits per heavy atom. The van der Waals surface area contributed by atoms with Crippen molar-refractivity contribution in [3.8, 4) is 0 Å². The molecule has 0 radical (unpaired) electrons. The molecule has 0 spiro atoms. The van der Waals surface area contributed by atoms with Crippen molar-refractivity contribution >= 4 is 0 Å². The highest BCUT2D eigenvalue weighted by atomic mass is 19.3. The van der Waals surface area contributed by atoms with Crippen molar-refractivity contribution in [2.24, 2.45) is 0 Å². The van der Waals surface area contributed by atoms with Gasteiger partial charge in [-0.2, -0.15) is 8.78 Å². The van der Waals surface area contributed by atoms with Crippen LogP contribution in [0.5, 0.6) is 0 Å². The van der Waals surface area contributed by atoms with Crippen LogP contribution in [0.2, 0.25) is 0 Å². The monoisotopic (exact) mass is 215 g/mol. The van der Waals surface area contributed by atoms with Gasteiger partial charge in [-0.1, -0.05) is 19.8 Å². The largest absolute Gasteiger partial charge is 0.319 e. The van der Waals surface area contributed by atoms with Gasteiger partial charge in [-0.15, -0.1) is 0 Å². The molecule has 0 rings (SSSR count). The Balaban J connectivity index is 3.70. The van der Waals surface area contributed by atoms with Gasteiger partial charge in [-0.05, 0) is 13.3 Å². The van der Waals surface area contributed by atoms with E-state index in [1.54, 1.807) is 6.92 Å². The fourth-order valence-corrected chi connectivity index (χ4v) is 1.000. The SMILES string of the molecule is CCCCC(C)NCC(F)(F)C(F)F. The summed E-state index contributed by atoms with van der Waals surface area (Å²) < 4.78 is 48.3. The first-order valence-electron chi connectivity index (χ1n) is 4.79. The molecule has 0 aliphatic heterocycles. The average Bonchev–Trinajstić information content (AvgIpc) is 2.11. The zero-order chi connectivity index (χ0) is 11.2. The Hall–Kier alpha value is -0.320. The Kier molecular flexibility index (Phi) is 6.08. The molecule has 0 amide bonds. The summed E-state index contributed by atoms with van der Waals surface area (Å²) in [5.74, 6) is -3.92. The minimum Gasteiger partial charge on any atom is -0.308 e. The molecule has 0 aromatic rings. The quantitative estimate of drug-likeness (QED) is 0.643. The first kappa shape index (κ1) is 13.7. The van der Waals surface area contributed by atoms with Gasteiger partial charge in [-0.3, -0.25) is 0 Å². The van der Waals surface area contributed by atoms with Crippen LogP contribution in [0.4, 0.5) is 17.6 Å². The molecule has 1 unspecified atom stereocenters. The van der Waals surface area contributed by atoms with Gasteiger partial charge in [0.1, 0.15) is 0 Å². The minimum absolute atomic E-state index is 0.139. The highest BCUT2D eigenvalue weighted by Crippen LogP contribution is 2.21. The van der Waals surface area contributed by atoms with Gasteiger partial charge in [0.15, 0.2) is 0 Å². The van der Waals surface area contributed by atoms with Crippen LogP contribution >= 0.6 is 0 Å². The van der Waals surface area contributed by atoms with Gasteiger partial charge in [0, 0.05) is 6.04 Å². The van der Waals surface area contributed by atoms with Crippen molar-refractivity contribution in [2.75, 3.05) is 6.54 Å². The zero-order valence-corrected chi connectivity index (χ0v) is 8.49. The number of halogens is 4. The highest BCUT2D eigenvalue weighted by Gasteiger charge is 2.40. The lowest BCUT2D eigenvalue weighted by Crippen LogP contribution is -2.42. The van der Waals surface area contributed by atoms with E-state index in [4.69, 9.17) is 0 Å². The molecule has 5 heteroatoms. The van der Waals surface area contributed by atoms with Gasteiger partial charge in [0.05, 0.1) is 6.54 Å². The molecule has 0 saturated carbocycles. The summed E-state index contributed by atoms with van der Waals surface area (Å²) in [4.78, 5) is 0. The Morgan fingerprint density at radius 2 is 1.86 bits per heavy atom. The number of hydrogen-bond acceptors (Lipinski definition) is 1. The molecule has 14 heavy (non-hydrogen) atoms. The second-order valence-corrected chi connectivity index (χ2v) is 3.49. The summed E-state index contributed by atoms with van der Waals surface area (Å²) in [6.45, 7) is 2.76. The zero-order valence-electron chi connectivity index (χ0n) is 8.49. The van der Waals surface area contributed by atoms with E-state index in [1.807, 2.05) is 6.92 Å². The van der Waals surface area contributed by atoms with Crippen LogP contribution in [0.15, 0.2) is 0 Å². The summed E-state index contributed by atoms with van der Waals surface area (Å²) in [7, 11) is 0. The van der Waals surface area contributed by atoms with E-state index in [1.165, 1.54) is 0 Å². The molecule has 0 aromatic carbocycles. The third-order valence-corrected chi connectivity index (χ3v) is 2.00. The Morgan fingerprint density at radius 3 is 2.29 bits per heavy atom. The lowest BCUT2D eigenvalue weighted by molar-refractivity contribution is -0.126. The maximum atomic E-state index is 12.4. The third-order valence-electron chi connectivity index (χ3n) is 2.00. The van der Waals surface area contributed by atoms with Crippen LogP contribution in [0.3, 0.4) is 0 Å². The maximum Gasteiger partial charge on any atom is 0.319 e. The lowest BCUT2D eigenvalue weighted by Gasteiger charge is -2.19. The average molecular weight is 215 g/mol. The normalized spacial score (nSPS) is 14.8. The predicted octanol–water partition coefficient (Wildman–Crippen LogP) is 3.06. The van der Waals surface area contributed by atoms with E-state index >= 15 is 0 Å². The van der Waals surface area contributed by atoms with Crippen molar-refractivity contribution in [1.29, 1.82) is 0 Å². The van der Waals surface area contributed by atoms with E-state index in [0.29, 0.717) is 0 Å². The molecule has 0 heterocycles. The standard InChI is InChI=1S/C9H17F4N/c1-3-4-5-7(2)14-6-9(12,13)8(10)11/h7-8,14H,3-6H2,1-2H3. The first-order valence-corrected chi connectivity index (χ1v) is 4.79. The topological polar surface area (TPSA) is 12.0 Å². The summed E-state index contributed by atoms with van der Waals surface area (Å²) in [5, 5.41) is 2.41. The second kappa shape index (κ2) is 6.22. The van der Waals surface area contributed by atoms with E-state index in [0.717, 1.165) is 19.3 Å². The van der Waals surface area contributed by atoms with E-state index in [9.17, 15) is 17.6 Å². The number of unbranched alkanes of at least 4 members (excludes halogenated alkanes) is 1. The van der Waals surface area contributed by atoms with Crippen molar-refractivity contribution in [3.05, 3.63) is 0 Å². The molecule has 1 atom stereocenters. The van der Waals surface area contributed by atoms with Crippen LogP contribution < -0.4 is 5.32 Å². The molecule has 0 aliphatic carbocycles. The summed E-state index contributed by atoms with van der Waals surface area (Å²) in [6, 6.07) is -0.139. The van der Waals surface area contributed by atoms with E-state index < -0.39 is 18.9 Å². The van der Waals surface area contributed by atoms with Gasteiger partial charge >= 0.3 is 12.3 Å². The van der Waals surface area contributed by atoms with Crippen LogP contribution in [0.25, 0.3) is 0 Å². The van der Waals surface area contributed by atoms with Crippen molar-refractivity contribution in [2.45, 2.75) is 51.5 Å². The molecule has 0 bridgehead atoms. The van der Waals surface area contributed by atoms with Gasteiger partial charge in [-0.25, -0.2) is 8.78 Å². The van der Waals surface area contributed by atoms with Crippen LogP contribution in [0.1, 0.15) is 33.1 Å². The summed E-state index contributed by atoms with van der Waals surface area (Å²) in [6.07, 6.45) is -0.977. The van der Waals surface area contributed by atoms with Crippen molar-refractivity contribution < 1.29 is 17.6 Å². The molecule has 86 valence electrons. The fraction of sp³-hybridized carbons (Fsp3) is 1.00. The Labute approximate surface area is 81.9 Å². The minimum atomic E-state index is -3.92. The molecule has 0 fully saturated rings. The molecule has 0 aromatic heterocycles. The third kappa shape index (κ3) is 5.42. The first-order chi connectivity index (χ1) is 6.40. The van der Waals surface area contributed by atoms with E-state index in [2.05, 4.69) is 5.32 Å². The molecular weight excluding hydrogens is 198 g/mol. The highest BCUT2D eigenvalue weighted by molar-refractivity contribution is 4.74. The number of alkyl halides is 4. The smallest absolute Gasteiger partial charge is 0.308 e. The van der Waals surface area contributed by atoms with Crippen LogP contribution in [0, 0.1) is 0 Å². The number of nitrogens with one attached hydrogen (secondary N) is 1. The maximum absolute atomic E-state index is 12.4. The van der Waals surface area contributed by atoms with Gasteiger partial charge < -0.3 is 5.32 Å². The van der Waals surface area contributed by atoms with Crippen molar-refractivity contribution in [3.63, 3.8) is 0 Å². The molecule has 0 aliphatic rings. The number of rotatable bonds is 7. The van der Waals surface area contributed by atoms with Crippen LogP contribution in [-0.2, 0) is 0 Å². The second-order valence-electron chi connectivity index (χ2n) is 3.49. The van der Waals surface area contributed by atoms with Crippen molar-refractivity contribution in [1.82, 2.24) is 5.32 Å². The van der Waals surface area contributed by atoms with Gasteiger partial charge in [0.2, 0.25) is 0 Å². The van der Waals surface area contributed by atoms with Crippen LogP contribution in [-0.4, -0.2) is 24.9 Å². The fourth-order valence-electron chi connectivity index (χ4n) is 1.000. The number of hydrogen-bond donors (Lipinski definition) is 1. The summed E-state index contributed by atoms with van der Waals surface area (Å²) in [5.41, 5.74) is 0. The molecular formula is C9H17F4N. The molecule has 1 nitrogen and oxygen atoms in total. The lowest BCUT2D eigenvalue weighted by atomic mass is 10.1. The predicted molar refractivity (Wildman–Crippen MR) is 47.9 cm³/mol. The molecule has 0 saturated heterocycles.